The second-order valence-corrected chi connectivity index (χ2v) is 16.1. The molecule has 322 valence electrons. The molecule has 6 N–H and O–H groups in total. The summed E-state index contributed by atoms with van der Waals surface area (Å²) in [5, 5.41) is 66.8. The van der Waals surface area contributed by atoms with Crippen molar-refractivity contribution in [1.29, 1.82) is 0 Å². The number of Topliss-reactive ketones (excluding diaryl/α,β-unsaturated/α-hetero) is 1. The number of hydrazone groups is 1. The predicted octanol–water partition coefficient (Wildman–Crippen LogP) is 4.34. The molecule has 1 saturated heterocycles. The molecule has 9 atom stereocenters. The highest BCUT2D eigenvalue weighted by atomic mass is 16.7. The number of benzene rings is 2. The molecular formula is C43H58N4O12. The van der Waals surface area contributed by atoms with Crippen molar-refractivity contribution in [2.24, 2.45) is 28.8 Å². The van der Waals surface area contributed by atoms with E-state index in [0.29, 0.717) is 13.1 Å². The van der Waals surface area contributed by atoms with E-state index in [1.54, 1.807) is 44.9 Å². The zero-order valence-electron chi connectivity index (χ0n) is 35.3. The number of ketones is 1. The number of carbonyl (C=O) groups is 3. The lowest BCUT2D eigenvalue weighted by atomic mass is 9.78. The van der Waals surface area contributed by atoms with Crippen molar-refractivity contribution in [3.8, 4) is 23.0 Å². The SMILES string of the molecule is COC1/C=C/O[C@@]2(C)Oc3c(C)c(O)c4c(O)c(c(/C=N\N5CCN(C)CC5)c(O)c4c3C2=O)NC(=O)/C(C)=C/C=C/[C@H](C)[C@H](O)[C@@H](C)[C@@H](O)[C@@H](C)[C@H](OC(C)=O)[C@H]1C. The molecule has 1 unspecified atom stereocenters. The number of aromatic hydroxyl groups is 3. The molecule has 0 aliphatic carbocycles. The first kappa shape index (κ1) is 44.9. The molecule has 16 heteroatoms. The van der Waals surface area contributed by atoms with Gasteiger partial charge in [-0.25, -0.2) is 0 Å². The molecule has 4 aliphatic heterocycles. The zero-order valence-corrected chi connectivity index (χ0v) is 35.3. The van der Waals surface area contributed by atoms with Crippen LogP contribution in [0.2, 0.25) is 0 Å². The Hall–Kier alpha value is -5.16. The van der Waals surface area contributed by atoms with Crippen molar-refractivity contribution in [2.45, 2.75) is 85.6 Å². The minimum absolute atomic E-state index is 0.0559. The van der Waals surface area contributed by atoms with Crippen LogP contribution in [0.15, 0.2) is 41.2 Å². The van der Waals surface area contributed by atoms with Gasteiger partial charge in [-0.3, -0.25) is 19.4 Å². The van der Waals surface area contributed by atoms with Gasteiger partial charge < -0.3 is 54.7 Å². The van der Waals surface area contributed by atoms with Gasteiger partial charge in [0.2, 0.25) is 0 Å². The van der Waals surface area contributed by atoms with Crippen molar-refractivity contribution in [2.75, 3.05) is 45.7 Å². The third-order valence-corrected chi connectivity index (χ3v) is 11.9. The summed E-state index contributed by atoms with van der Waals surface area (Å²) in [7, 11) is 3.42. The third-order valence-electron chi connectivity index (χ3n) is 11.9. The summed E-state index contributed by atoms with van der Waals surface area (Å²) in [6.45, 7) is 15.1. The van der Waals surface area contributed by atoms with E-state index in [-0.39, 0.29) is 44.5 Å². The van der Waals surface area contributed by atoms with E-state index in [0.717, 1.165) is 13.1 Å². The van der Waals surface area contributed by atoms with E-state index >= 15 is 0 Å². The number of ether oxygens (including phenoxy) is 4. The smallest absolute Gasteiger partial charge is 0.312 e. The Kier molecular flexibility index (Phi) is 13.7. The van der Waals surface area contributed by atoms with Gasteiger partial charge in [0.25, 0.3) is 11.7 Å². The fraction of sp³-hybridized carbons (Fsp3) is 0.535. The van der Waals surface area contributed by atoms with Crippen molar-refractivity contribution in [3.63, 3.8) is 0 Å². The van der Waals surface area contributed by atoms with Crippen LogP contribution in [0.5, 0.6) is 23.0 Å². The van der Waals surface area contributed by atoms with Gasteiger partial charge in [0.05, 0.1) is 53.0 Å². The number of carbonyl (C=O) groups excluding carboxylic acids is 3. The summed E-state index contributed by atoms with van der Waals surface area (Å²) < 4.78 is 23.6. The van der Waals surface area contributed by atoms with Gasteiger partial charge in [-0.05, 0) is 27.0 Å². The lowest BCUT2D eigenvalue weighted by Crippen LogP contribution is -2.46. The summed E-state index contributed by atoms with van der Waals surface area (Å²) in [6.07, 6.45) is 4.86. The number of hydrogen-bond donors (Lipinski definition) is 6. The van der Waals surface area contributed by atoms with Crippen LogP contribution in [0.1, 0.15) is 70.0 Å². The number of phenolic OH excluding ortho intramolecular Hbond substituents is 3. The molecule has 16 nitrogen and oxygen atoms in total. The number of nitrogens with zero attached hydrogens (tertiary/aromatic N) is 3. The molecule has 4 aliphatic rings. The minimum atomic E-state index is -2.04. The fourth-order valence-corrected chi connectivity index (χ4v) is 7.92. The maximum absolute atomic E-state index is 14.4. The number of piperazine rings is 1. The van der Waals surface area contributed by atoms with Crippen molar-refractivity contribution in [1.82, 2.24) is 9.91 Å². The number of nitrogens with one attached hydrogen (secondary N) is 1. The molecule has 1 fully saturated rings. The predicted molar refractivity (Wildman–Crippen MR) is 220 cm³/mol. The molecule has 5 bridgehead atoms. The van der Waals surface area contributed by atoms with E-state index in [4.69, 9.17) is 18.9 Å². The largest absolute Gasteiger partial charge is 0.507 e. The van der Waals surface area contributed by atoms with E-state index in [9.17, 15) is 39.9 Å². The number of rotatable bonds is 4. The van der Waals surface area contributed by atoms with Crippen LogP contribution >= 0.6 is 0 Å². The number of esters is 1. The van der Waals surface area contributed by atoms with E-state index in [1.165, 1.54) is 59.4 Å². The van der Waals surface area contributed by atoms with Crippen molar-refractivity contribution in [3.05, 3.63) is 52.8 Å². The molecule has 0 radical (unpaired) electrons. The molecule has 0 aromatic heterocycles. The molecule has 59 heavy (non-hydrogen) atoms. The summed E-state index contributed by atoms with van der Waals surface area (Å²) in [6, 6.07) is 0. The normalized spacial score (nSPS) is 32.1. The average Bonchev–Trinajstić information content (AvgIpc) is 3.46. The van der Waals surface area contributed by atoms with Gasteiger partial charge in [-0.1, -0.05) is 45.9 Å². The van der Waals surface area contributed by atoms with Crippen molar-refractivity contribution >= 4 is 40.3 Å². The van der Waals surface area contributed by atoms with Crippen LogP contribution in [0.4, 0.5) is 5.69 Å². The maximum atomic E-state index is 14.4. The molecule has 1 amide bonds. The van der Waals surface area contributed by atoms with Gasteiger partial charge >= 0.3 is 11.8 Å². The first-order chi connectivity index (χ1) is 27.7. The number of fused-ring (bicyclic) bond motifs is 14. The van der Waals surface area contributed by atoms with E-state index < -0.39 is 88.8 Å². The Morgan fingerprint density at radius 3 is 2.24 bits per heavy atom. The Balaban J connectivity index is 1.70. The lowest BCUT2D eigenvalue weighted by molar-refractivity contribution is -0.160. The van der Waals surface area contributed by atoms with E-state index in [1.807, 2.05) is 7.05 Å². The van der Waals surface area contributed by atoms with Gasteiger partial charge in [0, 0.05) is 87.3 Å². The number of hydrogen-bond acceptors (Lipinski definition) is 15. The van der Waals surface area contributed by atoms with Gasteiger partial charge in [0.15, 0.2) is 5.75 Å². The van der Waals surface area contributed by atoms with E-state index in [2.05, 4.69) is 15.3 Å². The van der Waals surface area contributed by atoms with Crippen LogP contribution in [-0.2, 0) is 23.8 Å². The van der Waals surface area contributed by atoms with Gasteiger partial charge in [-0.2, -0.15) is 5.10 Å². The Morgan fingerprint density at radius 1 is 0.949 bits per heavy atom. The molecule has 6 rings (SSSR count). The molecule has 2 aromatic carbocycles. The first-order valence-corrected chi connectivity index (χ1v) is 19.8. The maximum Gasteiger partial charge on any atom is 0.312 e. The molecular weight excluding hydrogens is 764 g/mol. The van der Waals surface area contributed by atoms with Gasteiger partial charge in [-0.15, -0.1) is 0 Å². The Bertz CT molecular complexity index is 2070. The number of methoxy groups -OCH3 is 1. The number of aliphatic hydroxyl groups is 2. The number of likely N-dealkylation sites (N-methyl/N-ethyl adjacent to an activating group) is 1. The quantitative estimate of drug-likeness (QED) is 0.109. The monoisotopic (exact) mass is 822 g/mol. The van der Waals surface area contributed by atoms with Crippen molar-refractivity contribution < 1.29 is 58.9 Å². The van der Waals surface area contributed by atoms with Crippen LogP contribution in [-0.4, -0.2) is 130 Å². The highest BCUT2D eigenvalue weighted by Crippen LogP contribution is 2.55. The van der Waals surface area contributed by atoms with Crippen LogP contribution in [0.25, 0.3) is 10.8 Å². The second-order valence-electron chi connectivity index (χ2n) is 16.1. The molecule has 0 saturated carbocycles. The summed E-state index contributed by atoms with van der Waals surface area (Å²) in [4.78, 5) is 42.6. The topological polar surface area (TPSA) is 220 Å². The fourth-order valence-electron chi connectivity index (χ4n) is 7.92. The number of phenols is 3. The number of allylic oxidation sites excluding steroid dienone is 2. The Morgan fingerprint density at radius 2 is 1.61 bits per heavy atom. The highest BCUT2D eigenvalue weighted by molar-refractivity contribution is 6.23. The first-order valence-electron chi connectivity index (χ1n) is 19.8. The van der Waals surface area contributed by atoms with Crippen LogP contribution in [0.3, 0.4) is 0 Å². The summed E-state index contributed by atoms with van der Waals surface area (Å²) >= 11 is 0. The second kappa shape index (κ2) is 18.0. The lowest BCUT2D eigenvalue weighted by Gasteiger charge is -2.38. The molecule has 4 heterocycles. The standard InChI is InChI=1S/C43H58N4O12/c1-21-12-11-13-22(2)42(55)45-33-28(20-44-47-17-15-46(9)16-18-47)37(52)30-31(38(33)53)36(51)26(6)40-32(30)41(54)43(8,59-40)57-19-14-29(56-10)23(3)39(58-27(7)48)25(5)35(50)24(4)34(21)49/h11-14,19-21,23-25,29,34-35,39,49-53H,15-18H2,1-10H3,(H,45,55)/b12-11+,19-14+,22-13+,44-20-/t21-,23-,24+,25+,29?,34-,35+,39+,43-/m0/s1. The third kappa shape index (κ3) is 8.91. The van der Waals surface area contributed by atoms with Gasteiger partial charge in [0.1, 0.15) is 23.4 Å². The minimum Gasteiger partial charge on any atom is -0.507 e. The molecule has 0 spiro atoms. The zero-order chi connectivity index (χ0) is 43.7. The number of amides is 1. The number of aliphatic hydroxyl groups excluding tert-OH is 2. The van der Waals surface area contributed by atoms with Crippen LogP contribution < -0.4 is 10.1 Å². The summed E-state index contributed by atoms with van der Waals surface area (Å²) in [5.74, 6) is -8.34. The molecule has 2 aromatic rings. The van der Waals surface area contributed by atoms with Crippen LogP contribution in [0, 0.1) is 30.6 Å². The number of anilines is 1. The summed E-state index contributed by atoms with van der Waals surface area (Å²) in [5.41, 5.74) is -0.350. The Labute approximate surface area is 344 Å². The average molecular weight is 823 g/mol. The highest BCUT2D eigenvalue weighted by Gasteiger charge is 2.50.